The van der Waals surface area contributed by atoms with E-state index in [1.54, 1.807) is 0 Å². The number of halogens is 2. The van der Waals surface area contributed by atoms with Crippen molar-refractivity contribution in [2.24, 2.45) is 11.8 Å². The number of rotatable bonds is 25. The van der Waals surface area contributed by atoms with Crippen molar-refractivity contribution >= 4 is 51.2 Å². The van der Waals surface area contributed by atoms with Crippen molar-refractivity contribution in [2.45, 2.75) is 185 Å². The van der Waals surface area contributed by atoms with Gasteiger partial charge in [-0.15, -0.1) is 0 Å². The van der Waals surface area contributed by atoms with Gasteiger partial charge in [0.05, 0.1) is 105 Å². The fraction of sp³-hybridized carbons (Fsp3) is 0.494. The summed E-state index contributed by atoms with van der Waals surface area (Å²) in [5.41, 5.74) is 8.31. The number of hydrogen-bond acceptors (Lipinski definition) is 9. The maximum absolute atomic E-state index is 12.4. The minimum absolute atomic E-state index is 0.104. The van der Waals surface area contributed by atoms with Gasteiger partial charge in [0.1, 0.15) is 34.5 Å². The average molecular weight is 1420 g/mol. The Balaban J connectivity index is 1.78. The van der Waals surface area contributed by atoms with Crippen LogP contribution in [0.4, 0.5) is 0 Å². The molecule has 0 N–H and O–H groups in total. The predicted molar refractivity (Wildman–Crippen MR) is 377 cm³/mol. The van der Waals surface area contributed by atoms with Crippen molar-refractivity contribution in [1.29, 1.82) is 0 Å². The van der Waals surface area contributed by atoms with E-state index in [1.165, 1.54) is 18.2 Å². The Morgan fingerprint density at radius 3 is 0.955 bits per heavy atom. The van der Waals surface area contributed by atoms with Gasteiger partial charge in [0, 0.05) is 30.7 Å². The number of carbonyl (C=O) groups is 1. The molecule has 0 aliphatic carbocycles. The monoisotopic (exact) mass is 1420 g/mol. The molecule has 0 saturated carbocycles. The second kappa shape index (κ2) is 34.7. The highest BCUT2D eigenvalue weighted by molar-refractivity contribution is 14.1. The second-order valence-corrected chi connectivity index (χ2v) is 27.9. The van der Waals surface area contributed by atoms with Gasteiger partial charge in [0.25, 0.3) is 0 Å². The summed E-state index contributed by atoms with van der Waals surface area (Å²) in [5, 5.41) is 0. The largest absolute Gasteiger partial charge is 0.492 e. The van der Waals surface area contributed by atoms with E-state index in [0.29, 0.717) is 120 Å². The highest BCUT2D eigenvalue weighted by Crippen LogP contribution is 2.38. The Kier molecular flexibility index (Phi) is 28.7. The molecule has 88 heavy (non-hydrogen) atoms. The first-order chi connectivity index (χ1) is 41.8. The molecule has 0 saturated heterocycles. The summed E-state index contributed by atoms with van der Waals surface area (Å²) >= 11 is 4.75. The Labute approximate surface area is 556 Å². The maximum Gasteiger partial charge on any atom is 0.305 e. The van der Waals surface area contributed by atoms with Crippen LogP contribution >= 0.6 is 45.2 Å². The summed E-state index contributed by atoms with van der Waals surface area (Å²) < 4.78 is 52.9. The van der Waals surface area contributed by atoms with E-state index in [1.807, 2.05) is 24.3 Å². The van der Waals surface area contributed by atoms with Crippen molar-refractivity contribution in [2.75, 3.05) is 53.4 Å². The summed E-state index contributed by atoms with van der Waals surface area (Å²) in [4.78, 5) is 12.4. The number of benzene rings is 5. The van der Waals surface area contributed by atoms with Crippen LogP contribution in [0.2, 0.25) is 0 Å². The molecule has 0 amide bonds. The molecule has 5 aromatic rings. The van der Waals surface area contributed by atoms with Crippen LogP contribution < -0.4 is 33.2 Å². The van der Waals surface area contributed by atoms with E-state index in [4.69, 9.17) is 37.9 Å². The molecule has 0 spiro atoms. The lowest BCUT2D eigenvalue weighted by atomic mass is 9.84. The van der Waals surface area contributed by atoms with Crippen LogP contribution in [0.25, 0.3) is 0 Å². The Morgan fingerprint density at radius 1 is 0.398 bits per heavy atom. The van der Waals surface area contributed by atoms with Crippen LogP contribution in [0.15, 0.2) is 60.7 Å². The molecule has 2 atom stereocenters. The topological polar surface area (TPSA) is 90.9 Å². The van der Waals surface area contributed by atoms with Gasteiger partial charge in [-0.2, -0.15) is 0 Å². The molecule has 0 radical (unpaired) electrons. The molecule has 0 heterocycles. The van der Waals surface area contributed by atoms with Crippen molar-refractivity contribution in [3.05, 3.63) is 129 Å². The van der Waals surface area contributed by atoms with E-state index < -0.39 is 0 Å². The van der Waals surface area contributed by atoms with Crippen LogP contribution in [-0.2, 0) is 25.8 Å². The summed E-state index contributed by atoms with van der Waals surface area (Å²) in [7, 11) is 1.39. The van der Waals surface area contributed by atoms with E-state index >= 15 is 0 Å². The minimum Gasteiger partial charge on any atom is -0.492 e. The number of carbonyl (C=O) groups excluding carboxylic acids is 1. The van der Waals surface area contributed by atoms with Crippen molar-refractivity contribution in [1.82, 2.24) is 0 Å². The van der Waals surface area contributed by atoms with Crippen molar-refractivity contribution in [3.63, 3.8) is 0 Å². The Hall–Kier alpha value is -6.13. The molecule has 472 valence electrons. The third-order valence-corrected chi connectivity index (χ3v) is 16.1. The lowest BCUT2D eigenvalue weighted by Gasteiger charge is -2.22. The van der Waals surface area contributed by atoms with E-state index in [-0.39, 0.29) is 35.2 Å². The Morgan fingerprint density at radius 2 is 0.682 bits per heavy atom. The van der Waals surface area contributed by atoms with Crippen LogP contribution in [0.1, 0.15) is 230 Å². The van der Waals surface area contributed by atoms with Gasteiger partial charge < -0.3 is 37.9 Å². The number of methoxy groups -OCH3 is 1. The molecule has 9 nitrogen and oxygen atoms in total. The van der Waals surface area contributed by atoms with Crippen molar-refractivity contribution < 1.29 is 42.7 Å². The molecule has 0 fully saturated rings. The Bertz CT molecular complexity index is 3230. The maximum atomic E-state index is 12.4. The summed E-state index contributed by atoms with van der Waals surface area (Å²) in [5.74, 6) is 33.0. The van der Waals surface area contributed by atoms with E-state index in [0.717, 1.165) is 73.9 Å². The lowest BCUT2D eigenvalue weighted by molar-refractivity contribution is -0.140. The van der Waals surface area contributed by atoms with Crippen LogP contribution in [0.5, 0.6) is 40.2 Å². The van der Waals surface area contributed by atoms with Gasteiger partial charge in [0.2, 0.25) is 0 Å². The normalized spacial score (nSPS) is 11.9. The highest BCUT2D eigenvalue weighted by atomic mass is 127. The van der Waals surface area contributed by atoms with Crippen LogP contribution in [0.3, 0.4) is 0 Å². The fourth-order valence-electron chi connectivity index (χ4n) is 8.49. The molecule has 11 heteroatoms. The third-order valence-electron chi connectivity index (χ3n) is 14.5. The van der Waals surface area contributed by atoms with Gasteiger partial charge in [-0.05, 0) is 158 Å². The molecular weight excluding hydrogens is 1320 g/mol. The molecule has 0 aromatic heterocycles. The predicted octanol–water partition coefficient (Wildman–Crippen LogP) is 18.7. The minimum atomic E-state index is -0.322. The van der Waals surface area contributed by atoms with Gasteiger partial charge in [-0.25, -0.2) is 0 Å². The number of ether oxygens (including phenoxy) is 8. The lowest BCUT2D eigenvalue weighted by Crippen LogP contribution is -2.14. The number of hydrogen-bond donors (Lipinski definition) is 0. The first-order valence-corrected chi connectivity index (χ1v) is 33.7. The third kappa shape index (κ3) is 21.8. The summed E-state index contributed by atoms with van der Waals surface area (Å²) in [6.45, 7) is 40.1. The standard InChI is InChI=1S/C77H96I2O9/c1-19-35-82-67-46-56(29-33-60-42-63(76(12,13)14)48-65(78)73(60)87-50-52(7)23-5)69(84-37-21-3)44-54(67)27-31-58-40-62(75(9,10)11)41-59(72(58)86-39-25-26-71(80)81-18)32-28-55-45-70(85-38-22-4)57(47-68(55)83-36-20-2)30-34-61-43-64(77(15,16)17)49-66(79)74(61)88-51-53(8)24-6/h40-49,52-53H,19-26,35-39,50-51H2,1-18H3/t52-,53-/m0/s1. The molecule has 5 rings (SSSR count). The van der Waals surface area contributed by atoms with Crippen LogP contribution in [0, 0.1) is 66.3 Å². The molecule has 0 aliphatic heterocycles. The van der Waals surface area contributed by atoms with Gasteiger partial charge >= 0.3 is 5.97 Å². The smallest absolute Gasteiger partial charge is 0.305 e. The van der Waals surface area contributed by atoms with Gasteiger partial charge in [-0.1, -0.05) is 178 Å². The van der Waals surface area contributed by atoms with Gasteiger partial charge in [0.15, 0.2) is 5.75 Å². The first kappa shape index (κ1) is 72.6. The zero-order chi connectivity index (χ0) is 64.8. The molecule has 5 aromatic carbocycles. The fourth-order valence-corrected chi connectivity index (χ4v) is 10.1. The highest BCUT2D eigenvalue weighted by Gasteiger charge is 2.24. The van der Waals surface area contributed by atoms with E-state index in [2.05, 4.69) is 247 Å². The molecule has 0 unspecified atom stereocenters. The molecular formula is C77H96I2O9. The zero-order valence-electron chi connectivity index (χ0n) is 56.0. The summed E-state index contributed by atoms with van der Waals surface area (Å²) in [6.07, 6.45) is 5.77. The first-order valence-electron chi connectivity index (χ1n) is 31.6. The zero-order valence-corrected chi connectivity index (χ0v) is 60.3. The second-order valence-electron chi connectivity index (χ2n) is 25.6. The van der Waals surface area contributed by atoms with Crippen molar-refractivity contribution in [3.8, 4) is 87.6 Å². The van der Waals surface area contributed by atoms with Crippen LogP contribution in [-0.4, -0.2) is 59.3 Å². The quantitative estimate of drug-likeness (QED) is 0.0245. The van der Waals surface area contributed by atoms with Gasteiger partial charge in [-0.3, -0.25) is 4.79 Å². The SMILES string of the molecule is CCCOc1cc(C#Cc2cc(C(C)(C)C)cc(C#Cc3cc(OCCC)c(C#Cc4cc(C(C)(C)C)cc(I)c4OC[C@@H](C)CC)cc3OCCC)c2OCCCC(=O)OC)c(OCCC)cc1C#Cc1cc(C(C)(C)C)cc(I)c1OC[C@@H](C)CC. The number of esters is 1. The van der Waals surface area contributed by atoms with E-state index in [9.17, 15) is 4.79 Å². The molecule has 0 aliphatic rings. The summed E-state index contributed by atoms with van der Waals surface area (Å²) in [6, 6.07) is 20.6. The average Bonchev–Trinajstić information content (AvgIpc) is 2.48. The molecule has 0 bridgehead atoms.